The molecule has 7 heteroatoms. The molecule has 0 aliphatic heterocycles. The molecule has 0 aliphatic carbocycles. The highest BCUT2D eigenvalue weighted by atomic mass is 16.3. The van der Waals surface area contributed by atoms with Gasteiger partial charge < -0.3 is 10.1 Å². The largest absolute Gasteiger partial charge is 0.846 e. The van der Waals surface area contributed by atoms with E-state index in [1.807, 2.05) is 4.98 Å². The summed E-state index contributed by atoms with van der Waals surface area (Å²) in [6.07, 6.45) is 0. The van der Waals surface area contributed by atoms with Gasteiger partial charge in [0.1, 0.15) is 0 Å². The van der Waals surface area contributed by atoms with Crippen molar-refractivity contribution in [2.24, 2.45) is 0 Å². The Hall–Kier alpha value is -2.05. The van der Waals surface area contributed by atoms with Crippen molar-refractivity contribution in [3.05, 3.63) is 20.8 Å². The van der Waals surface area contributed by atoms with Gasteiger partial charge in [-0.15, -0.1) is 0 Å². The number of H-pyrrole nitrogens is 3. The molecule has 0 saturated carbocycles. The first-order valence-electron chi connectivity index (χ1n) is 3.06. The number of aromatic nitrogens is 4. The molecule has 3 N–H and O–H groups in total. The molecule has 62 valence electrons. The Kier molecular flexibility index (Phi) is 1.09. The van der Waals surface area contributed by atoms with E-state index in [1.54, 1.807) is 0 Å². The first-order valence-corrected chi connectivity index (χ1v) is 3.06. The Balaban J connectivity index is 3.08. The van der Waals surface area contributed by atoms with E-state index in [1.165, 1.54) is 0 Å². The van der Waals surface area contributed by atoms with Crippen LogP contribution in [0, 0.1) is 0 Å². The molecule has 0 fully saturated rings. The molecule has 2 aromatic heterocycles. The van der Waals surface area contributed by atoms with E-state index in [0.29, 0.717) is 0 Å². The van der Waals surface area contributed by atoms with Gasteiger partial charge in [0.15, 0.2) is 11.2 Å². The summed E-state index contributed by atoms with van der Waals surface area (Å²) in [6, 6.07) is -0.775. The van der Waals surface area contributed by atoms with Gasteiger partial charge in [0.25, 0.3) is 5.56 Å². The van der Waals surface area contributed by atoms with Crippen LogP contribution in [0.3, 0.4) is 0 Å². The summed E-state index contributed by atoms with van der Waals surface area (Å²) in [5.74, 6) is 0. The number of rotatable bonds is 0. The number of nitrogens with zero attached hydrogens (tertiary/aromatic N) is 1. The van der Waals surface area contributed by atoms with Crippen molar-refractivity contribution in [3.8, 4) is 6.01 Å². The smallest absolute Gasteiger partial charge is 0.325 e. The van der Waals surface area contributed by atoms with Crippen molar-refractivity contribution in [2.45, 2.75) is 0 Å². The molecule has 0 radical (unpaired) electrons. The monoisotopic (exact) mass is 167 g/mol. The summed E-state index contributed by atoms with van der Waals surface area (Å²) >= 11 is 0. The van der Waals surface area contributed by atoms with E-state index in [4.69, 9.17) is 0 Å². The molecule has 0 aliphatic rings. The molecule has 0 amide bonds. The summed E-state index contributed by atoms with van der Waals surface area (Å²) in [5, 5.41) is 10.6. The number of nitrogens with one attached hydrogen (secondary N) is 3. The van der Waals surface area contributed by atoms with Crippen molar-refractivity contribution in [1.29, 1.82) is 0 Å². The van der Waals surface area contributed by atoms with E-state index in [2.05, 4.69) is 15.0 Å². The summed E-state index contributed by atoms with van der Waals surface area (Å²) in [6.45, 7) is 0. The molecule has 0 aromatic carbocycles. The molecular formula is C5H3N4O3-. The molecule has 0 saturated heterocycles. The van der Waals surface area contributed by atoms with Crippen LogP contribution in [0.1, 0.15) is 0 Å². The summed E-state index contributed by atoms with van der Waals surface area (Å²) in [7, 11) is 0. The average Bonchev–Trinajstić information content (AvgIpc) is 2.29. The van der Waals surface area contributed by atoms with Crippen LogP contribution in [-0.4, -0.2) is 19.9 Å². The van der Waals surface area contributed by atoms with E-state index >= 15 is 0 Å². The SMILES string of the molecule is O=c1[nH]c2nc([O-])[nH]c(=O)c2[nH]1. The van der Waals surface area contributed by atoms with Crippen LogP contribution in [0.15, 0.2) is 9.59 Å². The second-order valence-electron chi connectivity index (χ2n) is 2.17. The van der Waals surface area contributed by atoms with Gasteiger partial charge in [-0.25, -0.2) is 9.78 Å². The van der Waals surface area contributed by atoms with Gasteiger partial charge in [0.05, 0.1) is 6.01 Å². The number of aromatic amines is 3. The first-order chi connectivity index (χ1) is 5.66. The molecule has 0 unspecified atom stereocenters. The van der Waals surface area contributed by atoms with E-state index in [9.17, 15) is 14.7 Å². The van der Waals surface area contributed by atoms with Gasteiger partial charge in [0, 0.05) is 0 Å². The quantitative estimate of drug-likeness (QED) is 0.421. The van der Waals surface area contributed by atoms with Gasteiger partial charge in [-0.05, 0) is 0 Å². The maximum Gasteiger partial charge on any atom is 0.325 e. The lowest BCUT2D eigenvalue weighted by Crippen LogP contribution is -2.12. The number of imidazole rings is 1. The van der Waals surface area contributed by atoms with Crippen LogP contribution < -0.4 is 16.4 Å². The van der Waals surface area contributed by atoms with Gasteiger partial charge >= 0.3 is 5.69 Å². The third-order valence-corrected chi connectivity index (χ3v) is 1.37. The Bertz CT molecular complexity index is 533. The standard InChI is InChI=1S/C5H4N4O3/c10-3-1-2(7-4(11)6-1)8-5(12)9-3/h(H4,6,7,8,9,10,11,12)/p-1. The summed E-state index contributed by atoms with van der Waals surface area (Å²) in [4.78, 5) is 31.2. The predicted molar refractivity (Wildman–Crippen MR) is 36.8 cm³/mol. The number of hydrogen-bond donors (Lipinski definition) is 3. The van der Waals surface area contributed by atoms with Gasteiger partial charge in [-0.1, -0.05) is 0 Å². The zero-order valence-electron chi connectivity index (χ0n) is 5.67. The fraction of sp³-hybridized carbons (Fsp3) is 0. The highest BCUT2D eigenvalue weighted by Gasteiger charge is 2.01. The molecule has 2 heterocycles. The minimum atomic E-state index is -0.775. The maximum absolute atomic E-state index is 10.9. The van der Waals surface area contributed by atoms with E-state index < -0.39 is 17.3 Å². The second kappa shape index (κ2) is 1.97. The fourth-order valence-corrected chi connectivity index (χ4v) is 0.911. The normalized spacial score (nSPS) is 10.7. The van der Waals surface area contributed by atoms with Crippen molar-refractivity contribution >= 4 is 11.2 Å². The Labute approximate surface area is 64.1 Å². The highest BCUT2D eigenvalue weighted by molar-refractivity contribution is 5.68. The molecule has 12 heavy (non-hydrogen) atoms. The van der Waals surface area contributed by atoms with Gasteiger partial charge in [-0.2, -0.15) is 0 Å². The van der Waals surface area contributed by atoms with Crippen molar-refractivity contribution in [2.75, 3.05) is 0 Å². The first kappa shape index (κ1) is 6.65. The van der Waals surface area contributed by atoms with Gasteiger partial charge in [-0.3, -0.25) is 14.8 Å². The maximum atomic E-state index is 10.9. The summed E-state index contributed by atoms with van der Waals surface area (Å²) < 4.78 is 0. The highest BCUT2D eigenvalue weighted by Crippen LogP contribution is 1.97. The lowest BCUT2D eigenvalue weighted by molar-refractivity contribution is -0.281. The van der Waals surface area contributed by atoms with Crippen LogP contribution in [0.4, 0.5) is 0 Å². The van der Waals surface area contributed by atoms with Gasteiger partial charge in [0.2, 0.25) is 0 Å². The predicted octanol–water partition coefficient (Wildman–Crippen LogP) is -1.99. The zero-order valence-corrected chi connectivity index (χ0v) is 5.67. The number of fused-ring (bicyclic) bond motifs is 1. The average molecular weight is 167 g/mol. The minimum Gasteiger partial charge on any atom is -0.846 e. The summed E-state index contributed by atoms with van der Waals surface area (Å²) in [5.41, 5.74) is -1.25. The molecule has 0 bridgehead atoms. The lowest BCUT2D eigenvalue weighted by Gasteiger charge is -1.99. The fourth-order valence-electron chi connectivity index (χ4n) is 0.911. The van der Waals surface area contributed by atoms with Crippen LogP contribution in [-0.2, 0) is 0 Å². The van der Waals surface area contributed by atoms with Crippen LogP contribution in [0.5, 0.6) is 6.01 Å². The Morgan fingerprint density at radius 2 is 1.92 bits per heavy atom. The zero-order chi connectivity index (χ0) is 8.72. The van der Waals surface area contributed by atoms with Crippen LogP contribution in [0.25, 0.3) is 11.2 Å². The Morgan fingerprint density at radius 3 is 2.67 bits per heavy atom. The third-order valence-electron chi connectivity index (χ3n) is 1.37. The van der Waals surface area contributed by atoms with Crippen molar-refractivity contribution < 1.29 is 5.11 Å². The Morgan fingerprint density at radius 1 is 1.17 bits per heavy atom. The molecular weight excluding hydrogens is 164 g/mol. The van der Waals surface area contributed by atoms with Crippen molar-refractivity contribution in [1.82, 2.24) is 19.9 Å². The molecule has 7 nitrogen and oxygen atoms in total. The van der Waals surface area contributed by atoms with Crippen LogP contribution >= 0.6 is 0 Å². The molecule has 2 rings (SSSR count). The van der Waals surface area contributed by atoms with Crippen molar-refractivity contribution in [3.63, 3.8) is 0 Å². The van der Waals surface area contributed by atoms with Crippen LogP contribution in [0.2, 0.25) is 0 Å². The third kappa shape index (κ3) is 0.797. The minimum absolute atomic E-state index is 0.0143. The lowest BCUT2D eigenvalue weighted by atomic mass is 10.5. The molecule has 0 atom stereocenters. The molecule has 2 aromatic rings. The second-order valence-corrected chi connectivity index (χ2v) is 2.17. The topological polar surface area (TPSA) is 117 Å². The molecule has 0 spiro atoms. The number of hydrogen-bond acceptors (Lipinski definition) is 4. The van der Waals surface area contributed by atoms with E-state index in [-0.39, 0.29) is 11.2 Å². The van der Waals surface area contributed by atoms with E-state index in [0.717, 1.165) is 0 Å².